The van der Waals surface area contributed by atoms with Gasteiger partial charge >= 0.3 is 129 Å². The average molecular weight is 338 g/mol. The van der Waals surface area contributed by atoms with Crippen molar-refractivity contribution in [2.24, 2.45) is 0 Å². The van der Waals surface area contributed by atoms with E-state index in [1.54, 1.807) is 6.56 Å². The zero-order valence-corrected chi connectivity index (χ0v) is 14.2. The molecule has 0 N–H and O–H groups in total. The van der Waals surface area contributed by atoms with Gasteiger partial charge in [0.15, 0.2) is 0 Å². The molecule has 0 radical (unpaired) electrons. The van der Waals surface area contributed by atoms with Gasteiger partial charge in [0.1, 0.15) is 0 Å². The van der Waals surface area contributed by atoms with E-state index in [1.165, 1.54) is 5.69 Å². The van der Waals surface area contributed by atoms with Crippen molar-refractivity contribution in [3.63, 3.8) is 0 Å². The summed E-state index contributed by atoms with van der Waals surface area (Å²) in [5.74, 6) is 0. The Morgan fingerprint density at radius 1 is 0.950 bits per heavy atom. The van der Waals surface area contributed by atoms with Gasteiger partial charge in [-0.2, -0.15) is 0 Å². The van der Waals surface area contributed by atoms with Crippen molar-refractivity contribution in [1.82, 2.24) is 0 Å². The fourth-order valence-corrected chi connectivity index (χ4v) is 8.76. The third-order valence-corrected chi connectivity index (χ3v) is 10.5. The number of hydrogen-bond donors (Lipinski definition) is 0. The van der Waals surface area contributed by atoms with Crippen molar-refractivity contribution < 1.29 is 21.0 Å². The van der Waals surface area contributed by atoms with Crippen LogP contribution in [0, 0.1) is 0 Å². The second-order valence-electron chi connectivity index (χ2n) is 5.14. The van der Waals surface area contributed by atoms with E-state index in [1.807, 2.05) is 0 Å². The standard InChI is InChI=1S/C7H8BN.2C5H5.Zr/c1-9(8)7-5-3-2-4-6-7;2*1-2-4-5-3-1;/h2-6H,1H3;2*1-3H,4H2;. The molecule has 20 heavy (non-hydrogen) atoms. The molecule has 0 aromatic heterocycles. The summed E-state index contributed by atoms with van der Waals surface area (Å²) in [4.78, 5) is 2.33. The van der Waals surface area contributed by atoms with E-state index in [0.29, 0.717) is 0 Å². The topological polar surface area (TPSA) is 3.24 Å². The molecule has 0 heterocycles. The van der Waals surface area contributed by atoms with Crippen LogP contribution in [0.3, 0.4) is 0 Å². The second kappa shape index (κ2) is 6.59. The van der Waals surface area contributed by atoms with Crippen LogP contribution in [0.2, 0.25) is 0 Å². The summed E-state index contributed by atoms with van der Waals surface area (Å²) in [5.41, 5.74) is 1.28. The van der Waals surface area contributed by atoms with E-state index in [2.05, 4.69) is 83.2 Å². The maximum absolute atomic E-state index is 2.54. The molecule has 1 aromatic carbocycles. The Kier molecular flexibility index (Phi) is 4.57. The van der Waals surface area contributed by atoms with Gasteiger partial charge in [0.05, 0.1) is 0 Å². The fourth-order valence-electron chi connectivity index (χ4n) is 2.60. The number of para-hydroxylation sites is 1. The van der Waals surface area contributed by atoms with Crippen molar-refractivity contribution in [2.45, 2.75) is 12.8 Å². The third-order valence-electron chi connectivity index (χ3n) is 3.72. The molecule has 0 saturated carbocycles. The van der Waals surface area contributed by atoms with Crippen LogP contribution in [-0.2, 0) is 21.0 Å². The van der Waals surface area contributed by atoms with Gasteiger partial charge in [-0.15, -0.1) is 0 Å². The Morgan fingerprint density at radius 3 is 2.05 bits per heavy atom. The third kappa shape index (κ3) is 3.15. The Bertz CT molecular complexity index is 606. The predicted molar refractivity (Wildman–Crippen MR) is 84.3 cm³/mol. The van der Waals surface area contributed by atoms with E-state index < -0.39 is 21.0 Å². The molecule has 0 aliphatic heterocycles. The number of benzene rings is 1. The molecule has 0 saturated heterocycles. The van der Waals surface area contributed by atoms with Crippen LogP contribution in [0.5, 0.6) is 0 Å². The molecule has 1 aromatic rings. The molecule has 3 rings (SSSR count). The molecule has 2 aliphatic rings. The molecule has 98 valence electrons. The van der Waals surface area contributed by atoms with E-state index in [0.717, 1.165) is 12.8 Å². The number of hydrogen-bond acceptors (Lipinski definition) is 1. The first-order valence-corrected chi connectivity index (χ1v) is 10.9. The molecule has 2 aliphatic carbocycles. The van der Waals surface area contributed by atoms with Crippen LogP contribution >= 0.6 is 0 Å². The average Bonchev–Trinajstić information content (AvgIpc) is 3.19. The Labute approximate surface area is 129 Å². The molecule has 0 amide bonds. The van der Waals surface area contributed by atoms with Gasteiger partial charge in [-0.05, 0) is 0 Å². The number of allylic oxidation sites excluding steroid dienone is 8. The number of rotatable bonds is 4. The van der Waals surface area contributed by atoms with Gasteiger partial charge in [0.25, 0.3) is 0 Å². The van der Waals surface area contributed by atoms with Crippen molar-refractivity contribution in [2.75, 3.05) is 11.9 Å². The molecule has 0 bridgehead atoms. The zero-order chi connectivity index (χ0) is 13.8. The summed E-state index contributed by atoms with van der Waals surface area (Å²) in [5, 5.41) is 0. The quantitative estimate of drug-likeness (QED) is 0.751. The molecule has 0 atom stereocenters. The Morgan fingerprint density at radius 2 is 1.55 bits per heavy atom. The molecule has 0 fully saturated rings. The maximum atomic E-state index is 2.54. The minimum absolute atomic E-state index is 1.16. The molecular weight excluding hydrogens is 320 g/mol. The first-order valence-electron chi connectivity index (χ1n) is 7.06. The van der Waals surface area contributed by atoms with Crippen molar-refractivity contribution in [1.29, 1.82) is 0 Å². The fraction of sp³-hybridized carbons (Fsp3) is 0.176. The number of nitrogens with zero attached hydrogens (tertiary/aromatic N) is 1. The summed E-state index contributed by atoms with van der Waals surface area (Å²) in [6.45, 7) is 0. The van der Waals surface area contributed by atoms with Crippen molar-refractivity contribution >= 4 is 10.2 Å². The second-order valence-corrected chi connectivity index (χ2v) is 11.0. The van der Waals surface area contributed by atoms with Crippen LogP contribution in [0.25, 0.3) is 0 Å². The summed E-state index contributed by atoms with van der Waals surface area (Å²) in [7, 11) is 2.18. The van der Waals surface area contributed by atoms with Gasteiger partial charge in [0, 0.05) is 0 Å². The Hall–Kier alpha value is -1.07. The minimum atomic E-state index is -1.82. The SMILES string of the molecule is CN([B]=[Zr]([C]1=CC=CC1)[C]1=CC=CC1)c1ccccc1. The van der Waals surface area contributed by atoms with Crippen LogP contribution in [0.15, 0.2) is 73.3 Å². The summed E-state index contributed by atoms with van der Waals surface area (Å²) in [6, 6.07) is 10.6. The van der Waals surface area contributed by atoms with Crippen LogP contribution in [0.1, 0.15) is 12.8 Å². The van der Waals surface area contributed by atoms with E-state index >= 15 is 0 Å². The zero-order valence-electron chi connectivity index (χ0n) is 11.8. The molecule has 3 heteroatoms. The van der Waals surface area contributed by atoms with Crippen LogP contribution in [0.4, 0.5) is 5.69 Å². The van der Waals surface area contributed by atoms with Crippen LogP contribution in [-0.4, -0.2) is 11.6 Å². The predicted octanol–water partition coefficient (Wildman–Crippen LogP) is 3.96. The number of anilines is 1. The van der Waals surface area contributed by atoms with Gasteiger partial charge in [-0.3, -0.25) is 0 Å². The molecule has 0 spiro atoms. The van der Waals surface area contributed by atoms with Gasteiger partial charge in [-0.25, -0.2) is 0 Å². The van der Waals surface area contributed by atoms with E-state index in [4.69, 9.17) is 0 Å². The first kappa shape index (κ1) is 13.9. The van der Waals surface area contributed by atoms with Gasteiger partial charge < -0.3 is 0 Å². The first-order chi connectivity index (χ1) is 9.84. The van der Waals surface area contributed by atoms with Gasteiger partial charge in [-0.1, -0.05) is 0 Å². The Balaban J connectivity index is 1.91. The molecular formula is C17H18BNZr. The van der Waals surface area contributed by atoms with E-state index in [-0.39, 0.29) is 0 Å². The van der Waals surface area contributed by atoms with Crippen molar-refractivity contribution in [3.8, 4) is 0 Å². The van der Waals surface area contributed by atoms with E-state index in [9.17, 15) is 0 Å². The normalized spacial score (nSPS) is 15.8. The molecule has 1 nitrogen and oxygen atoms in total. The van der Waals surface area contributed by atoms with Gasteiger partial charge in [0.2, 0.25) is 0 Å². The summed E-state index contributed by atoms with van der Waals surface area (Å²) in [6.07, 6.45) is 16.0. The summed E-state index contributed by atoms with van der Waals surface area (Å²) < 4.78 is 5.91. The van der Waals surface area contributed by atoms with Crippen molar-refractivity contribution in [3.05, 3.63) is 73.3 Å². The summed E-state index contributed by atoms with van der Waals surface area (Å²) >= 11 is -1.82. The molecule has 0 unspecified atom stereocenters. The monoisotopic (exact) mass is 337 g/mol. The van der Waals surface area contributed by atoms with Crippen LogP contribution < -0.4 is 4.81 Å².